The average Bonchev–Trinajstić information content (AvgIpc) is 2.92. The maximum absolute atomic E-state index is 14.0. The van der Waals surface area contributed by atoms with Crippen molar-refractivity contribution in [3.05, 3.63) is 68.5 Å². The molecule has 0 fully saturated rings. The standard InChI is InChI=1S/C21H23BrFN5O/c1-12-8-13(2)25-21(24-12)28-15(4)18(14(3)26-28)10-20(29)27(5)11-16-9-17(22)6-7-19(16)23/h6-9H,10-11H2,1-5H3. The van der Waals surface area contributed by atoms with Gasteiger partial charge in [0.05, 0.1) is 12.1 Å². The van der Waals surface area contributed by atoms with Gasteiger partial charge in [-0.2, -0.15) is 5.10 Å². The van der Waals surface area contributed by atoms with Crippen LogP contribution in [0.5, 0.6) is 0 Å². The van der Waals surface area contributed by atoms with Gasteiger partial charge in [-0.1, -0.05) is 15.9 Å². The third-order valence-electron chi connectivity index (χ3n) is 4.77. The molecule has 29 heavy (non-hydrogen) atoms. The molecule has 0 bridgehead atoms. The zero-order chi connectivity index (χ0) is 21.3. The summed E-state index contributed by atoms with van der Waals surface area (Å²) < 4.78 is 16.5. The fourth-order valence-electron chi connectivity index (χ4n) is 3.22. The molecule has 2 aromatic heterocycles. The van der Waals surface area contributed by atoms with E-state index < -0.39 is 0 Å². The number of likely N-dealkylation sites (N-methyl/N-ethyl adjacent to an activating group) is 1. The van der Waals surface area contributed by atoms with E-state index in [1.54, 1.807) is 23.9 Å². The number of halogens is 2. The number of hydrogen-bond donors (Lipinski definition) is 0. The Balaban J connectivity index is 1.82. The normalized spacial score (nSPS) is 11.0. The van der Waals surface area contributed by atoms with Gasteiger partial charge in [0.15, 0.2) is 0 Å². The summed E-state index contributed by atoms with van der Waals surface area (Å²) in [6.07, 6.45) is 0.175. The van der Waals surface area contributed by atoms with E-state index in [2.05, 4.69) is 31.0 Å². The molecular formula is C21H23BrFN5O. The summed E-state index contributed by atoms with van der Waals surface area (Å²) in [5, 5.41) is 4.54. The number of aromatic nitrogens is 4. The Morgan fingerprint density at radius 1 is 1.14 bits per heavy atom. The fourth-order valence-corrected chi connectivity index (χ4v) is 3.63. The quantitative estimate of drug-likeness (QED) is 0.578. The van der Waals surface area contributed by atoms with Crippen molar-refractivity contribution in [1.29, 1.82) is 0 Å². The highest BCUT2D eigenvalue weighted by Crippen LogP contribution is 2.20. The Bertz CT molecular complexity index is 1060. The zero-order valence-corrected chi connectivity index (χ0v) is 18.7. The molecule has 0 aliphatic rings. The maximum Gasteiger partial charge on any atom is 0.251 e. The first kappa shape index (κ1) is 21.1. The van der Waals surface area contributed by atoms with Gasteiger partial charge in [0, 0.05) is 46.3 Å². The van der Waals surface area contributed by atoms with Gasteiger partial charge in [0.1, 0.15) is 5.82 Å². The fraction of sp³-hybridized carbons (Fsp3) is 0.333. The van der Waals surface area contributed by atoms with Crippen LogP contribution in [0.2, 0.25) is 0 Å². The average molecular weight is 460 g/mol. The van der Waals surface area contributed by atoms with Gasteiger partial charge in [-0.25, -0.2) is 19.0 Å². The summed E-state index contributed by atoms with van der Waals surface area (Å²) in [6, 6.07) is 6.61. The minimum Gasteiger partial charge on any atom is -0.341 e. The maximum atomic E-state index is 14.0. The van der Waals surface area contributed by atoms with E-state index in [0.29, 0.717) is 11.5 Å². The van der Waals surface area contributed by atoms with Gasteiger partial charge in [0.2, 0.25) is 5.91 Å². The molecule has 3 aromatic rings. The molecule has 0 saturated carbocycles. The molecule has 3 rings (SSSR count). The third-order valence-corrected chi connectivity index (χ3v) is 5.26. The molecule has 0 unspecified atom stereocenters. The molecule has 0 spiro atoms. The smallest absolute Gasteiger partial charge is 0.251 e. The van der Waals surface area contributed by atoms with Crippen LogP contribution in [0.4, 0.5) is 4.39 Å². The van der Waals surface area contributed by atoms with Crippen molar-refractivity contribution in [3.63, 3.8) is 0 Å². The van der Waals surface area contributed by atoms with Crippen molar-refractivity contribution in [1.82, 2.24) is 24.6 Å². The van der Waals surface area contributed by atoms with Crippen LogP contribution in [0.25, 0.3) is 5.95 Å². The Morgan fingerprint density at radius 2 is 1.79 bits per heavy atom. The van der Waals surface area contributed by atoms with Gasteiger partial charge in [-0.15, -0.1) is 0 Å². The van der Waals surface area contributed by atoms with Crippen molar-refractivity contribution in [2.45, 2.75) is 40.7 Å². The molecule has 0 aliphatic carbocycles. The third kappa shape index (κ3) is 4.70. The Morgan fingerprint density at radius 3 is 2.45 bits per heavy atom. The van der Waals surface area contributed by atoms with Gasteiger partial charge in [0.25, 0.3) is 5.95 Å². The summed E-state index contributed by atoms with van der Waals surface area (Å²) in [5.41, 5.74) is 4.58. The number of amides is 1. The van der Waals surface area contributed by atoms with Crippen LogP contribution < -0.4 is 0 Å². The summed E-state index contributed by atoms with van der Waals surface area (Å²) >= 11 is 3.34. The highest BCUT2D eigenvalue weighted by atomic mass is 79.9. The van der Waals surface area contributed by atoms with E-state index in [1.165, 1.54) is 11.0 Å². The number of carbonyl (C=O) groups is 1. The highest BCUT2D eigenvalue weighted by Gasteiger charge is 2.20. The molecule has 0 saturated heterocycles. The predicted octanol–water partition coefficient (Wildman–Crippen LogP) is 4.00. The van der Waals surface area contributed by atoms with E-state index in [0.717, 1.165) is 32.8 Å². The summed E-state index contributed by atoms with van der Waals surface area (Å²) in [5.74, 6) is 0.0443. The SMILES string of the molecule is Cc1cc(C)nc(-n2nc(C)c(CC(=O)N(C)Cc3cc(Br)ccc3F)c2C)n1. The molecular weight excluding hydrogens is 437 g/mol. The molecule has 0 N–H and O–H groups in total. The number of hydrogen-bond acceptors (Lipinski definition) is 4. The molecule has 1 aromatic carbocycles. The van der Waals surface area contributed by atoms with Crippen molar-refractivity contribution in [3.8, 4) is 5.95 Å². The van der Waals surface area contributed by atoms with Crippen molar-refractivity contribution < 1.29 is 9.18 Å². The first-order valence-corrected chi connectivity index (χ1v) is 10.0. The van der Waals surface area contributed by atoms with E-state index in [9.17, 15) is 9.18 Å². The van der Waals surface area contributed by atoms with Crippen LogP contribution in [-0.2, 0) is 17.8 Å². The largest absolute Gasteiger partial charge is 0.341 e. The second kappa shape index (κ2) is 8.41. The van der Waals surface area contributed by atoms with Crippen LogP contribution in [0, 0.1) is 33.5 Å². The monoisotopic (exact) mass is 459 g/mol. The minimum atomic E-state index is -0.333. The molecule has 152 valence electrons. The minimum absolute atomic E-state index is 0.114. The van der Waals surface area contributed by atoms with E-state index in [4.69, 9.17) is 0 Å². The molecule has 1 amide bonds. The summed E-state index contributed by atoms with van der Waals surface area (Å²) in [7, 11) is 1.67. The van der Waals surface area contributed by atoms with Crippen molar-refractivity contribution in [2.24, 2.45) is 0 Å². The molecule has 0 atom stereocenters. The van der Waals surface area contributed by atoms with E-state index in [-0.39, 0.29) is 24.7 Å². The lowest BCUT2D eigenvalue weighted by atomic mass is 10.1. The van der Waals surface area contributed by atoms with Gasteiger partial charge in [-0.3, -0.25) is 4.79 Å². The van der Waals surface area contributed by atoms with E-state index in [1.807, 2.05) is 33.8 Å². The lowest BCUT2D eigenvalue weighted by Crippen LogP contribution is -2.28. The first-order valence-electron chi connectivity index (χ1n) is 9.21. The molecule has 6 nitrogen and oxygen atoms in total. The predicted molar refractivity (Wildman–Crippen MR) is 112 cm³/mol. The van der Waals surface area contributed by atoms with Crippen LogP contribution in [0.15, 0.2) is 28.7 Å². The lowest BCUT2D eigenvalue weighted by molar-refractivity contribution is -0.129. The number of nitrogens with zero attached hydrogens (tertiary/aromatic N) is 5. The summed E-state index contributed by atoms with van der Waals surface area (Å²) in [4.78, 5) is 23.2. The Labute approximate surface area is 177 Å². The van der Waals surface area contributed by atoms with Crippen molar-refractivity contribution >= 4 is 21.8 Å². The molecule has 0 radical (unpaired) electrons. The van der Waals surface area contributed by atoms with Gasteiger partial charge >= 0.3 is 0 Å². The van der Waals surface area contributed by atoms with Crippen LogP contribution in [-0.4, -0.2) is 37.6 Å². The summed E-state index contributed by atoms with van der Waals surface area (Å²) in [6.45, 7) is 7.77. The van der Waals surface area contributed by atoms with E-state index >= 15 is 0 Å². The number of carbonyl (C=O) groups excluding carboxylic acids is 1. The number of aryl methyl sites for hydroxylation is 3. The second-order valence-corrected chi connectivity index (χ2v) is 8.09. The van der Waals surface area contributed by atoms with Gasteiger partial charge < -0.3 is 4.90 Å². The van der Waals surface area contributed by atoms with Gasteiger partial charge in [-0.05, 0) is 52.0 Å². The molecule has 0 aliphatic heterocycles. The highest BCUT2D eigenvalue weighted by molar-refractivity contribution is 9.10. The molecule has 2 heterocycles. The van der Waals surface area contributed by atoms with Crippen molar-refractivity contribution in [2.75, 3.05) is 7.05 Å². The number of rotatable bonds is 5. The lowest BCUT2D eigenvalue weighted by Gasteiger charge is -2.18. The Hall–Kier alpha value is -2.61. The Kier molecular flexibility index (Phi) is 6.12. The molecule has 8 heteroatoms. The first-order chi connectivity index (χ1) is 13.7. The topological polar surface area (TPSA) is 63.9 Å². The van der Waals surface area contributed by atoms with Crippen LogP contribution in [0.1, 0.15) is 33.9 Å². The van der Waals surface area contributed by atoms with Crippen LogP contribution in [0.3, 0.4) is 0 Å². The second-order valence-electron chi connectivity index (χ2n) is 7.17. The number of benzene rings is 1. The van der Waals surface area contributed by atoms with Crippen LogP contribution >= 0.6 is 15.9 Å². The zero-order valence-electron chi connectivity index (χ0n) is 17.1.